The van der Waals surface area contributed by atoms with Gasteiger partial charge in [0, 0.05) is 7.05 Å². The van der Waals surface area contributed by atoms with Crippen LogP contribution in [0.1, 0.15) is 11.1 Å². The molecule has 3 nitrogen and oxygen atoms in total. The minimum Gasteiger partial charge on any atom is -0.492 e. The summed E-state index contributed by atoms with van der Waals surface area (Å²) >= 11 is 0. The van der Waals surface area contributed by atoms with Crippen LogP contribution in [-0.2, 0) is 0 Å². The Morgan fingerprint density at radius 1 is 1.38 bits per heavy atom. The predicted octanol–water partition coefficient (Wildman–Crippen LogP) is 1.94. The van der Waals surface area contributed by atoms with E-state index in [-0.39, 0.29) is 0 Å². The van der Waals surface area contributed by atoms with E-state index in [2.05, 4.69) is 5.32 Å². The van der Waals surface area contributed by atoms with Crippen LogP contribution >= 0.6 is 0 Å². The Balaban J connectivity index is 3.39. The minimum atomic E-state index is 0.715. The van der Waals surface area contributed by atoms with Crippen molar-refractivity contribution in [2.45, 2.75) is 13.8 Å². The molecular weight excluding hydrogens is 164 g/mol. The highest BCUT2D eigenvalue weighted by Gasteiger charge is 2.10. The Labute approximate surface area is 78.9 Å². The van der Waals surface area contributed by atoms with Crippen LogP contribution in [0.5, 0.6) is 5.75 Å². The second-order valence-corrected chi connectivity index (χ2v) is 3.06. The summed E-state index contributed by atoms with van der Waals surface area (Å²) in [4.78, 5) is 0. The van der Waals surface area contributed by atoms with Gasteiger partial charge in [-0.2, -0.15) is 0 Å². The number of nitrogens with two attached hydrogens (primary N) is 1. The summed E-state index contributed by atoms with van der Waals surface area (Å²) in [5.74, 6) is 0.727. The average molecular weight is 180 g/mol. The van der Waals surface area contributed by atoms with Crippen molar-refractivity contribution < 1.29 is 4.74 Å². The topological polar surface area (TPSA) is 47.3 Å². The molecule has 0 saturated heterocycles. The summed E-state index contributed by atoms with van der Waals surface area (Å²) in [5, 5.41) is 3.05. The smallest absolute Gasteiger partial charge is 0.165 e. The van der Waals surface area contributed by atoms with Gasteiger partial charge in [-0.1, -0.05) is 0 Å². The van der Waals surface area contributed by atoms with Crippen LogP contribution in [0, 0.1) is 13.8 Å². The van der Waals surface area contributed by atoms with Gasteiger partial charge in [0.05, 0.1) is 18.5 Å². The van der Waals surface area contributed by atoms with Gasteiger partial charge < -0.3 is 15.8 Å². The lowest BCUT2D eigenvalue weighted by Crippen LogP contribution is -2.01. The van der Waals surface area contributed by atoms with Gasteiger partial charge in [0.25, 0.3) is 0 Å². The molecule has 3 heteroatoms. The number of hydrogen-bond donors (Lipinski definition) is 2. The zero-order valence-electron chi connectivity index (χ0n) is 8.56. The van der Waals surface area contributed by atoms with Crippen LogP contribution in [0.15, 0.2) is 6.07 Å². The maximum absolute atomic E-state index is 5.91. The number of nitrogen functional groups attached to an aromatic ring is 1. The first kappa shape index (κ1) is 9.71. The van der Waals surface area contributed by atoms with Crippen LogP contribution in [-0.4, -0.2) is 14.2 Å². The van der Waals surface area contributed by atoms with Crippen LogP contribution in [0.25, 0.3) is 0 Å². The van der Waals surface area contributed by atoms with E-state index in [0.29, 0.717) is 5.69 Å². The number of methoxy groups -OCH3 is 1. The summed E-state index contributed by atoms with van der Waals surface area (Å²) in [5.41, 5.74) is 9.80. The predicted molar refractivity (Wildman–Crippen MR) is 56.4 cm³/mol. The maximum Gasteiger partial charge on any atom is 0.165 e. The summed E-state index contributed by atoms with van der Waals surface area (Å²) in [6, 6.07) is 2.03. The highest BCUT2D eigenvalue weighted by molar-refractivity contribution is 5.74. The molecule has 0 radical (unpaired) electrons. The molecule has 3 N–H and O–H groups in total. The zero-order chi connectivity index (χ0) is 10.0. The fraction of sp³-hybridized carbons (Fsp3) is 0.400. The van der Waals surface area contributed by atoms with Gasteiger partial charge in [0.15, 0.2) is 5.75 Å². The van der Waals surface area contributed by atoms with E-state index in [1.165, 1.54) is 5.56 Å². The maximum atomic E-state index is 5.91. The van der Waals surface area contributed by atoms with E-state index < -0.39 is 0 Å². The van der Waals surface area contributed by atoms with Gasteiger partial charge in [-0.15, -0.1) is 0 Å². The van der Waals surface area contributed by atoms with Crippen LogP contribution in [0.2, 0.25) is 0 Å². The normalized spacial score (nSPS) is 9.85. The van der Waals surface area contributed by atoms with Crippen molar-refractivity contribution >= 4 is 11.4 Å². The van der Waals surface area contributed by atoms with Crippen molar-refractivity contribution in [3.63, 3.8) is 0 Å². The second-order valence-electron chi connectivity index (χ2n) is 3.06. The first-order valence-electron chi connectivity index (χ1n) is 4.23. The van der Waals surface area contributed by atoms with Gasteiger partial charge in [-0.3, -0.25) is 0 Å². The summed E-state index contributed by atoms with van der Waals surface area (Å²) in [7, 11) is 3.48. The van der Waals surface area contributed by atoms with Crippen molar-refractivity contribution in [3.05, 3.63) is 17.2 Å². The standard InChI is InChI=1S/C10H16N2O/c1-6-5-8(12-3)10(13-4)9(11)7(6)2/h5,12H,11H2,1-4H3. The van der Waals surface area contributed by atoms with E-state index >= 15 is 0 Å². The fourth-order valence-electron chi connectivity index (χ4n) is 1.32. The number of nitrogens with one attached hydrogen (secondary N) is 1. The van der Waals surface area contributed by atoms with E-state index in [1.807, 2.05) is 27.0 Å². The minimum absolute atomic E-state index is 0.715. The summed E-state index contributed by atoms with van der Waals surface area (Å²) in [6.07, 6.45) is 0. The van der Waals surface area contributed by atoms with Crippen LogP contribution in [0.3, 0.4) is 0 Å². The third-order valence-electron chi connectivity index (χ3n) is 2.32. The lowest BCUT2D eigenvalue weighted by atomic mass is 10.1. The number of aryl methyl sites for hydroxylation is 1. The molecule has 72 valence electrons. The largest absolute Gasteiger partial charge is 0.492 e. The van der Waals surface area contributed by atoms with Gasteiger partial charge in [0.1, 0.15) is 0 Å². The van der Waals surface area contributed by atoms with E-state index in [9.17, 15) is 0 Å². The second kappa shape index (κ2) is 3.56. The fourth-order valence-corrected chi connectivity index (χ4v) is 1.32. The molecule has 0 aliphatic rings. The molecule has 0 spiro atoms. The highest BCUT2D eigenvalue weighted by Crippen LogP contribution is 2.35. The summed E-state index contributed by atoms with van der Waals surface area (Å²) < 4.78 is 5.22. The Morgan fingerprint density at radius 2 is 2.00 bits per heavy atom. The molecule has 0 atom stereocenters. The molecule has 0 amide bonds. The first-order valence-corrected chi connectivity index (χ1v) is 4.23. The molecule has 0 aliphatic carbocycles. The molecule has 0 fully saturated rings. The van der Waals surface area contributed by atoms with Gasteiger partial charge in [-0.25, -0.2) is 0 Å². The molecule has 1 rings (SSSR count). The third kappa shape index (κ3) is 1.54. The zero-order valence-corrected chi connectivity index (χ0v) is 8.56. The van der Waals surface area contributed by atoms with Crippen LogP contribution in [0.4, 0.5) is 11.4 Å². The van der Waals surface area contributed by atoms with E-state index in [1.54, 1.807) is 7.11 Å². The number of ether oxygens (including phenoxy) is 1. The van der Waals surface area contributed by atoms with Crippen LogP contribution < -0.4 is 15.8 Å². The highest BCUT2D eigenvalue weighted by atomic mass is 16.5. The van der Waals surface area contributed by atoms with E-state index in [4.69, 9.17) is 10.5 Å². The van der Waals surface area contributed by atoms with Crippen molar-refractivity contribution in [3.8, 4) is 5.75 Å². The number of hydrogen-bond acceptors (Lipinski definition) is 3. The van der Waals surface area contributed by atoms with Gasteiger partial charge in [-0.05, 0) is 31.0 Å². The lowest BCUT2D eigenvalue weighted by molar-refractivity contribution is 0.418. The third-order valence-corrected chi connectivity index (χ3v) is 2.32. The molecular formula is C10H16N2O. The Kier molecular flexibility index (Phi) is 2.66. The first-order chi connectivity index (χ1) is 6.11. The van der Waals surface area contributed by atoms with Crippen molar-refractivity contribution in [2.24, 2.45) is 0 Å². The van der Waals surface area contributed by atoms with Crippen molar-refractivity contribution in [2.75, 3.05) is 25.2 Å². The molecule has 0 unspecified atom stereocenters. The molecule has 0 aromatic heterocycles. The van der Waals surface area contributed by atoms with Gasteiger partial charge in [0.2, 0.25) is 0 Å². The molecule has 1 aromatic rings. The Morgan fingerprint density at radius 3 is 2.46 bits per heavy atom. The molecule has 0 aliphatic heterocycles. The average Bonchev–Trinajstić information content (AvgIpc) is 2.13. The Bertz CT molecular complexity index is 321. The SMILES string of the molecule is CNc1cc(C)c(C)c(N)c1OC. The number of anilines is 2. The van der Waals surface area contributed by atoms with Gasteiger partial charge >= 0.3 is 0 Å². The lowest BCUT2D eigenvalue weighted by Gasteiger charge is -2.14. The molecule has 0 saturated carbocycles. The monoisotopic (exact) mass is 180 g/mol. The van der Waals surface area contributed by atoms with Crippen molar-refractivity contribution in [1.82, 2.24) is 0 Å². The number of rotatable bonds is 2. The molecule has 1 aromatic carbocycles. The Hall–Kier alpha value is -1.38. The van der Waals surface area contributed by atoms with E-state index in [0.717, 1.165) is 17.0 Å². The number of benzene rings is 1. The molecule has 0 heterocycles. The van der Waals surface area contributed by atoms with Crippen molar-refractivity contribution in [1.29, 1.82) is 0 Å². The molecule has 0 bridgehead atoms. The summed E-state index contributed by atoms with van der Waals surface area (Å²) in [6.45, 7) is 4.03. The quantitative estimate of drug-likeness (QED) is 0.684. The molecule has 13 heavy (non-hydrogen) atoms.